The van der Waals surface area contributed by atoms with Crippen molar-refractivity contribution in [3.05, 3.63) is 45.9 Å². The lowest BCUT2D eigenvalue weighted by Gasteiger charge is -2.21. The van der Waals surface area contributed by atoms with Crippen LogP contribution in [0.4, 0.5) is 5.69 Å². The van der Waals surface area contributed by atoms with Crippen molar-refractivity contribution in [2.24, 2.45) is 0 Å². The Kier molecular flexibility index (Phi) is 3.77. The molecule has 0 aliphatic heterocycles. The zero-order chi connectivity index (χ0) is 13.1. The third kappa shape index (κ3) is 2.43. The predicted octanol–water partition coefficient (Wildman–Crippen LogP) is 3.43. The molecule has 4 heteroatoms. The molecule has 0 fully saturated rings. The van der Waals surface area contributed by atoms with Gasteiger partial charge in [0.1, 0.15) is 5.69 Å². The van der Waals surface area contributed by atoms with Gasteiger partial charge in [-0.1, -0.05) is 18.2 Å². The molecule has 1 aromatic carbocycles. The average Bonchev–Trinajstić information content (AvgIpc) is 2.79. The van der Waals surface area contributed by atoms with Crippen LogP contribution >= 0.6 is 11.3 Å². The van der Waals surface area contributed by atoms with Gasteiger partial charge in [0.05, 0.1) is 5.01 Å². The van der Waals surface area contributed by atoms with Gasteiger partial charge in [-0.05, 0) is 32.4 Å². The molecule has 0 aliphatic rings. The van der Waals surface area contributed by atoms with E-state index >= 15 is 0 Å². The van der Waals surface area contributed by atoms with Gasteiger partial charge >= 0.3 is 0 Å². The second kappa shape index (κ2) is 5.31. The maximum atomic E-state index is 12.4. The number of carbonyl (C=O) groups excluding carboxylic acids is 1. The van der Waals surface area contributed by atoms with E-state index in [0.717, 1.165) is 16.3 Å². The number of amides is 1. The standard InChI is InChI=1S/C14H16N2OS/c1-4-16(13-8-6-5-7-10(13)2)14(17)12-9-18-11(3)15-12/h5-9H,4H2,1-3H3. The first-order valence-corrected chi connectivity index (χ1v) is 6.81. The Balaban J connectivity index is 2.35. The van der Waals surface area contributed by atoms with Crippen molar-refractivity contribution in [2.45, 2.75) is 20.8 Å². The number of hydrogen-bond acceptors (Lipinski definition) is 3. The highest BCUT2D eigenvalue weighted by atomic mass is 32.1. The van der Waals surface area contributed by atoms with Gasteiger partial charge in [-0.25, -0.2) is 4.98 Å². The summed E-state index contributed by atoms with van der Waals surface area (Å²) in [7, 11) is 0. The molecule has 18 heavy (non-hydrogen) atoms. The Hall–Kier alpha value is -1.68. The van der Waals surface area contributed by atoms with Crippen molar-refractivity contribution >= 4 is 22.9 Å². The molecule has 0 unspecified atom stereocenters. The van der Waals surface area contributed by atoms with Gasteiger partial charge in [-0.2, -0.15) is 0 Å². The minimum Gasteiger partial charge on any atom is -0.307 e. The molecule has 0 atom stereocenters. The number of aryl methyl sites for hydroxylation is 2. The Morgan fingerprint density at radius 1 is 1.33 bits per heavy atom. The highest BCUT2D eigenvalue weighted by Gasteiger charge is 2.19. The van der Waals surface area contributed by atoms with Crippen molar-refractivity contribution in [3.8, 4) is 0 Å². The van der Waals surface area contributed by atoms with E-state index in [2.05, 4.69) is 4.98 Å². The fourth-order valence-electron chi connectivity index (χ4n) is 1.89. The molecule has 0 spiro atoms. The summed E-state index contributed by atoms with van der Waals surface area (Å²) in [6.07, 6.45) is 0. The van der Waals surface area contributed by atoms with Crippen LogP contribution < -0.4 is 4.90 Å². The number of rotatable bonds is 3. The molecule has 0 saturated carbocycles. The van der Waals surface area contributed by atoms with Crippen molar-refractivity contribution in [1.29, 1.82) is 0 Å². The number of benzene rings is 1. The summed E-state index contributed by atoms with van der Waals surface area (Å²) in [5, 5.41) is 2.73. The number of nitrogens with zero attached hydrogens (tertiary/aromatic N) is 2. The summed E-state index contributed by atoms with van der Waals surface area (Å²) in [5.41, 5.74) is 2.58. The van der Waals surface area contributed by atoms with Crippen LogP contribution in [0.3, 0.4) is 0 Å². The molecule has 0 N–H and O–H groups in total. The zero-order valence-corrected chi connectivity index (χ0v) is 11.6. The average molecular weight is 260 g/mol. The van der Waals surface area contributed by atoms with Crippen LogP contribution in [0.1, 0.15) is 28.0 Å². The van der Waals surface area contributed by atoms with Gasteiger partial charge in [0.2, 0.25) is 0 Å². The minimum absolute atomic E-state index is 0.0313. The predicted molar refractivity (Wildman–Crippen MR) is 75.4 cm³/mol. The maximum absolute atomic E-state index is 12.4. The summed E-state index contributed by atoms with van der Waals surface area (Å²) < 4.78 is 0. The quantitative estimate of drug-likeness (QED) is 0.847. The number of thiazole rings is 1. The van der Waals surface area contributed by atoms with Crippen molar-refractivity contribution < 1.29 is 4.79 Å². The normalized spacial score (nSPS) is 10.4. The molecule has 94 valence electrons. The molecule has 0 saturated heterocycles. The SMILES string of the molecule is CCN(C(=O)c1csc(C)n1)c1ccccc1C. The molecule has 2 aromatic rings. The second-order valence-electron chi connectivity index (χ2n) is 4.09. The third-order valence-corrected chi connectivity index (χ3v) is 3.58. The minimum atomic E-state index is -0.0313. The van der Waals surface area contributed by atoms with Crippen LogP contribution in [0.2, 0.25) is 0 Å². The van der Waals surface area contributed by atoms with Crippen LogP contribution in [0.5, 0.6) is 0 Å². The molecule has 0 bridgehead atoms. The lowest BCUT2D eigenvalue weighted by Crippen LogP contribution is -2.31. The molecule has 3 nitrogen and oxygen atoms in total. The van der Waals surface area contributed by atoms with E-state index in [1.807, 2.05) is 50.4 Å². The molecule has 1 amide bonds. The van der Waals surface area contributed by atoms with E-state index in [-0.39, 0.29) is 5.91 Å². The first-order chi connectivity index (χ1) is 8.63. The van der Waals surface area contributed by atoms with Crippen LogP contribution in [-0.2, 0) is 0 Å². The van der Waals surface area contributed by atoms with E-state index in [1.165, 1.54) is 11.3 Å². The topological polar surface area (TPSA) is 33.2 Å². The number of anilines is 1. The summed E-state index contributed by atoms with van der Waals surface area (Å²) in [6, 6.07) is 7.90. The van der Waals surface area contributed by atoms with Crippen molar-refractivity contribution in [3.63, 3.8) is 0 Å². The fourth-order valence-corrected chi connectivity index (χ4v) is 2.48. The van der Waals surface area contributed by atoms with Crippen LogP contribution in [0.15, 0.2) is 29.6 Å². The Bertz CT molecular complexity index is 562. The summed E-state index contributed by atoms with van der Waals surface area (Å²) in [5.74, 6) is -0.0313. The molecular formula is C14H16N2OS. The number of carbonyl (C=O) groups is 1. The van der Waals surface area contributed by atoms with E-state index in [0.29, 0.717) is 12.2 Å². The lowest BCUT2D eigenvalue weighted by atomic mass is 10.1. The summed E-state index contributed by atoms with van der Waals surface area (Å²) in [6.45, 7) is 6.53. The third-order valence-electron chi connectivity index (χ3n) is 2.81. The van der Waals surface area contributed by atoms with Crippen LogP contribution in [-0.4, -0.2) is 17.4 Å². The summed E-state index contributed by atoms with van der Waals surface area (Å²) in [4.78, 5) is 18.4. The summed E-state index contributed by atoms with van der Waals surface area (Å²) >= 11 is 1.50. The van der Waals surface area contributed by atoms with Gasteiger partial charge in [-0.3, -0.25) is 4.79 Å². The molecule has 1 heterocycles. The van der Waals surface area contributed by atoms with E-state index in [4.69, 9.17) is 0 Å². The molecule has 0 radical (unpaired) electrons. The zero-order valence-electron chi connectivity index (χ0n) is 10.8. The van der Waals surface area contributed by atoms with Gasteiger partial charge in [0, 0.05) is 17.6 Å². The van der Waals surface area contributed by atoms with Crippen molar-refractivity contribution in [2.75, 3.05) is 11.4 Å². The van der Waals surface area contributed by atoms with Crippen molar-refractivity contribution in [1.82, 2.24) is 4.98 Å². The Labute approximate surface area is 111 Å². The monoisotopic (exact) mass is 260 g/mol. The lowest BCUT2D eigenvalue weighted by molar-refractivity contribution is 0.0984. The molecule has 1 aromatic heterocycles. The molecular weight excluding hydrogens is 244 g/mol. The smallest absolute Gasteiger partial charge is 0.277 e. The first kappa shape index (κ1) is 12.8. The number of hydrogen-bond donors (Lipinski definition) is 0. The largest absolute Gasteiger partial charge is 0.307 e. The van der Waals surface area contributed by atoms with Gasteiger partial charge in [-0.15, -0.1) is 11.3 Å². The first-order valence-electron chi connectivity index (χ1n) is 5.93. The van der Waals surface area contributed by atoms with Gasteiger partial charge in [0.25, 0.3) is 5.91 Å². The van der Waals surface area contributed by atoms with E-state index in [1.54, 1.807) is 4.90 Å². The highest BCUT2D eigenvalue weighted by molar-refractivity contribution is 7.09. The van der Waals surface area contributed by atoms with E-state index < -0.39 is 0 Å². The highest BCUT2D eigenvalue weighted by Crippen LogP contribution is 2.21. The number of aromatic nitrogens is 1. The number of para-hydroxylation sites is 1. The fraction of sp³-hybridized carbons (Fsp3) is 0.286. The maximum Gasteiger partial charge on any atom is 0.277 e. The van der Waals surface area contributed by atoms with E-state index in [9.17, 15) is 4.79 Å². The Morgan fingerprint density at radius 2 is 2.06 bits per heavy atom. The van der Waals surface area contributed by atoms with Gasteiger partial charge in [0.15, 0.2) is 0 Å². The van der Waals surface area contributed by atoms with Gasteiger partial charge < -0.3 is 4.90 Å². The second-order valence-corrected chi connectivity index (χ2v) is 5.15. The molecule has 2 rings (SSSR count). The molecule has 0 aliphatic carbocycles. The Morgan fingerprint density at radius 3 is 2.61 bits per heavy atom. The van der Waals surface area contributed by atoms with Crippen LogP contribution in [0.25, 0.3) is 0 Å². The van der Waals surface area contributed by atoms with Crippen LogP contribution in [0, 0.1) is 13.8 Å².